The second-order valence-corrected chi connectivity index (χ2v) is 4.04. The van der Waals surface area contributed by atoms with Crippen LogP contribution in [0.5, 0.6) is 0 Å². The Hall–Kier alpha value is -1.34. The van der Waals surface area contributed by atoms with Crippen LogP contribution in [-0.4, -0.2) is 4.73 Å². The normalized spacial score (nSPS) is 21.5. The summed E-state index contributed by atoms with van der Waals surface area (Å²) in [6, 6.07) is 4.00. The first-order chi connectivity index (χ1) is 6.81. The quantitative estimate of drug-likeness (QED) is 0.606. The van der Waals surface area contributed by atoms with Crippen LogP contribution in [0.4, 0.5) is 0 Å². The standard InChI is InChI=1S/C10H8N2OS/c11-5-6-4-7-8-2-1-3-9(7)13-12(8)10(6)14/h4,9H,1-3H2. The maximum absolute atomic E-state index is 8.88. The number of nitrogens with zero attached hydrogens (tertiary/aromatic N) is 2. The fraction of sp³-hybridized carbons (Fsp3) is 0.400. The van der Waals surface area contributed by atoms with Gasteiger partial charge in [-0.1, -0.05) is 12.2 Å². The minimum absolute atomic E-state index is 0.141. The van der Waals surface area contributed by atoms with Gasteiger partial charge in [0.05, 0.1) is 11.3 Å². The van der Waals surface area contributed by atoms with Crippen LogP contribution < -0.4 is 4.84 Å². The summed E-state index contributed by atoms with van der Waals surface area (Å²) in [5.74, 6) is 0. The van der Waals surface area contributed by atoms with Gasteiger partial charge in [-0.3, -0.25) is 0 Å². The minimum Gasteiger partial charge on any atom is -0.405 e. The van der Waals surface area contributed by atoms with Crippen molar-refractivity contribution in [3.63, 3.8) is 0 Å². The molecule has 1 aromatic rings. The third kappa shape index (κ3) is 0.828. The molecule has 3 nitrogen and oxygen atoms in total. The molecule has 14 heavy (non-hydrogen) atoms. The van der Waals surface area contributed by atoms with E-state index in [0.717, 1.165) is 19.3 Å². The first kappa shape index (κ1) is 8.01. The second-order valence-electron chi connectivity index (χ2n) is 3.66. The summed E-state index contributed by atoms with van der Waals surface area (Å²) in [6.07, 6.45) is 3.34. The summed E-state index contributed by atoms with van der Waals surface area (Å²) in [7, 11) is 0. The van der Waals surface area contributed by atoms with Gasteiger partial charge < -0.3 is 4.84 Å². The zero-order valence-corrected chi connectivity index (χ0v) is 8.30. The van der Waals surface area contributed by atoms with Crippen molar-refractivity contribution in [2.24, 2.45) is 0 Å². The van der Waals surface area contributed by atoms with E-state index in [1.165, 1.54) is 11.3 Å². The molecule has 2 aliphatic rings. The lowest BCUT2D eigenvalue weighted by Gasteiger charge is -2.11. The van der Waals surface area contributed by atoms with E-state index in [1.54, 1.807) is 4.73 Å². The molecule has 4 bridgehead atoms. The number of hydrogen-bond donors (Lipinski definition) is 0. The monoisotopic (exact) mass is 204 g/mol. The first-order valence-electron chi connectivity index (χ1n) is 4.67. The maximum atomic E-state index is 8.88. The molecule has 0 N–H and O–H groups in total. The molecule has 1 aliphatic carbocycles. The van der Waals surface area contributed by atoms with E-state index in [-0.39, 0.29) is 6.10 Å². The van der Waals surface area contributed by atoms with Crippen molar-refractivity contribution in [3.05, 3.63) is 27.5 Å². The Labute approximate surface area is 86.5 Å². The van der Waals surface area contributed by atoms with Crippen LogP contribution in [0.25, 0.3) is 0 Å². The Morgan fingerprint density at radius 3 is 3.29 bits per heavy atom. The van der Waals surface area contributed by atoms with E-state index >= 15 is 0 Å². The molecule has 1 aromatic heterocycles. The highest BCUT2D eigenvalue weighted by Crippen LogP contribution is 2.37. The molecule has 0 spiro atoms. The lowest BCUT2D eigenvalue weighted by atomic mass is 9.94. The van der Waals surface area contributed by atoms with Crippen molar-refractivity contribution in [2.45, 2.75) is 25.4 Å². The fourth-order valence-corrected chi connectivity index (χ4v) is 2.47. The fourth-order valence-electron chi connectivity index (χ4n) is 2.21. The number of rotatable bonds is 0. The largest absolute Gasteiger partial charge is 0.405 e. The molecule has 1 unspecified atom stereocenters. The summed E-state index contributed by atoms with van der Waals surface area (Å²) < 4.78 is 2.21. The average molecular weight is 204 g/mol. The Kier molecular flexibility index (Phi) is 1.48. The summed E-state index contributed by atoms with van der Waals surface area (Å²) in [6.45, 7) is 0. The lowest BCUT2D eigenvalue weighted by Crippen LogP contribution is -2.08. The number of hydrogen-bond acceptors (Lipinski definition) is 3. The van der Waals surface area contributed by atoms with Crippen LogP contribution in [0.3, 0.4) is 0 Å². The van der Waals surface area contributed by atoms with E-state index in [1.807, 2.05) is 6.07 Å². The highest BCUT2D eigenvalue weighted by molar-refractivity contribution is 7.71. The highest BCUT2D eigenvalue weighted by Gasteiger charge is 2.32. The van der Waals surface area contributed by atoms with Crippen molar-refractivity contribution in [1.82, 2.24) is 4.73 Å². The van der Waals surface area contributed by atoms with Gasteiger partial charge in [-0.2, -0.15) is 9.99 Å². The Balaban J connectivity index is 2.37. The van der Waals surface area contributed by atoms with Gasteiger partial charge in [0.1, 0.15) is 6.07 Å². The van der Waals surface area contributed by atoms with Crippen LogP contribution >= 0.6 is 12.2 Å². The zero-order chi connectivity index (χ0) is 9.71. The Morgan fingerprint density at radius 2 is 2.50 bits per heavy atom. The van der Waals surface area contributed by atoms with Gasteiger partial charge in [-0.05, 0) is 25.3 Å². The van der Waals surface area contributed by atoms with Crippen LogP contribution in [-0.2, 0) is 6.42 Å². The molecule has 2 heterocycles. The molecule has 3 rings (SSSR count). The summed E-state index contributed by atoms with van der Waals surface area (Å²) in [4.78, 5) is 5.67. The minimum atomic E-state index is 0.141. The van der Waals surface area contributed by atoms with Gasteiger partial charge in [0.15, 0.2) is 10.7 Å². The van der Waals surface area contributed by atoms with Crippen molar-refractivity contribution in [2.75, 3.05) is 0 Å². The highest BCUT2D eigenvalue weighted by atomic mass is 32.1. The van der Waals surface area contributed by atoms with Crippen LogP contribution in [0.1, 0.15) is 35.8 Å². The molecule has 0 saturated carbocycles. The topological polar surface area (TPSA) is 38.0 Å². The average Bonchev–Trinajstić information content (AvgIpc) is 2.40. The summed E-state index contributed by atoms with van der Waals surface area (Å²) >= 11 is 5.17. The van der Waals surface area contributed by atoms with E-state index in [0.29, 0.717) is 10.2 Å². The molecule has 0 saturated heterocycles. The Bertz CT molecular complexity index is 512. The van der Waals surface area contributed by atoms with Gasteiger partial charge in [-0.15, -0.1) is 0 Å². The smallest absolute Gasteiger partial charge is 0.160 e. The molecule has 70 valence electrons. The third-order valence-corrected chi connectivity index (χ3v) is 3.26. The molecule has 0 aromatic carbocycles. The lowest BCUT2D eigenvalue weighted by molar-refractivity contribution is 0.0567. The van der Waals surface area contributed by atoms with Gasteiger partial charge >= 0.3 is 0 Å². The van der Waals surface area contributed by atoms with Crippen LogP contribution in [0, 0.1) is 16.0 Å². The third-order valence-electron chi connectivity index (χ3n) is 2.87. The number of pyridine rings is 1. The molecular formula is C10H8N2OS. The Morgan fingerprint density at radius 1 is 1.64 bits per heavy atom. The van der Waals surface area contributed by atoms with Gasteiger partial charge in [0.2, 0.25) is 0 Å². The molecule has 0 fully saturated rings. The summed E-state index contributed by atoms with van der Waals surface area (Å²) in [5.41, 5.74) is 2.90. The van der Waals surface area contributed by atoms with E-state index < -0.39 is 0 Å². The molecule has 1 atom stereocenters. The maximum Gasteiger partial charge on any atom is 0.160 e. The molecular weight excluding hydrogens is 196 g/mol. The number of nitriles is 1. The number of aromatic nitrogens is 1. The second kappa shape index (κ2) is 2.58. The first-order valence-corrected chi connectivity index (χ1v) is 5.08. The predicted molar refractivity (Wildman–Crippen MR) is 52.2 cm³/mol. The van der Waals surface area contributed by atoms with Gasteiger partial charge in [-0.25, -0.2) is 0 Å². The predicted octanol–water partition coefficient (Wildman–Crippen LogP) is 1.91. The van der Waals surface area contributed by atoms with E-state index in [9.17, 15) is 0 Å². The molecule has 4 heteroatoms. The van der Waals surface area contributed by atoms with Crippen LogP contribution in [0.2, 0.25) is 0 Å². The zero-order valence-electron chi connectivity index (χ0n) is 7.49. The van der Waals surface area contributed by atoms with Crippen molar-refractivity contribution in [3.8, 4) is 6.07 Å². The van der Waals surface area contributed by atoms with Crippen molar-refractivity contribution >= 4 is 12.2 Å². The van der Waals surface area contributed by atoms with Crippen LogP contribution in [0.15, 0.2) is 6.07 Å². The SMILES string of the molecule is N#Cc1cc2c3n(c1=S)OC2CCC3. The van der Waals surface area contributed by atoms with Gasteiger partial charge in [0, 0.05) is 5.56 Å². The van der Waals surface area contributed by atoms with Gasteiger partial charge in [0.25, 0.3) is 0 Å². The molecule has 0 amide bonds. The van der Waals surface area contributed by atoms with E-state index in [2.05, 4.69) is 6.07 Å². The van der Waals surface area contributed by atoms with Crippen molar-refractivity contribution < 1.29 is 4.84 Å². The molecule has 1 aliphatic heterocycles. The summed E-state index contributed by atoms with van der Waals surface area (Å²) in [5, 5.41) is 8.88. The molecule has 0 radical (unpaired) electrons. The van der Waals surface area contributed by atoms with E-state index in [4.69, 9.17) is 22.3 Å². The van der Waals surface area contributed by atoms with Crippen molar-refractivity contribution in [1.29, 1.82) is 5.26 Å².